The zero-order chi connectivity index (χ0) is 22.7. The van der Waals surface area contributed by atoms with Crippen molar-refractivity contribution in [3.8, 4) is 0 Å². The second kappa shape index (κ2) is 8.07. The van der Waals surface area contributed by atoms with Crippen molar-refractivity contribution < 1.29 is 29.5 Å². The van der Waals surface area contributed by atoms with Crippen molar-refractivity contribution in [3.63, 3.8) is 0 Å². The molecule has 4 fully saturated rings. The van der Waals surface area contributed by atoms with Crippen molar-refractivity contribution in [2.24, 2.45) is 22.7 Å². The Hall–Kier alpha value is -0.500. The van der Waals surface area contributed by atoms with Gasteiger partial charge in [0.05, 0.1) is 24.4 Å². The summed E-state index contributed by atoms with van der Waals surface area (Å²) in [5.41, 5.74) is -0.227. The van der Waals surface area contributed by atoms with E-state index in [1.165, 1.54) is 6.42 Å². The fraction of sp³-hybridized carbons (Fsp3) is 0.920. The number of rotatable bonds is 4. The first kappa shape index (κ1) is 23.7. The number of fused-ring (bicyclic) bond motifs is 3. The average molecular weight is 439 g/mol. The van der Waals surface area contributed by atoms with Gasteiger partial charge in [-0.1, -0.05) is 26.3 Å². The maximum atomic E-state index is 10.3. The molecule has 10 atom stereocenters. The summed E-state index contributed by atoms with van der Waals surface area (Å²) in [7, 11) is 0. The van der Waals surface area contributed by atoms with E-state index in [0.29, 0.717) is 18.4 Å². The zero-order valence-electron chi connectivity index (χ0n) is 19.7. The van der Waals surface area contributed by atoms with Crippen LogP contribution < -0.4 is 0 Å². The van der Waals surface area contributed by atoms with Crippen LogP contribution in [0.5, 0.6) is 0 Å². The molecule has 6 heteroatoms. The molecule has 2 aliphatic heterocycles. The highest BCUT2D eigenvalue weighted by atomic mass is 16.7. The summed E-state index contributed by atoms with van der Waals surface area (Å²) in [6, 6.07) is 0. The maximum absolute atomic E-state index is 10.3. The molecule has 0 radical (unpaired) electrons. The molecule has 0 bridgehead atoms. The van der Waals surface area contributed by atoms with E-state index < -0.39 is 24.6 Å². The summed E-state index contributed by atoms with van der Waals surface area (Å²) >= 11 is 0. The second-order valence-corrected chi connectivity index (χ2v) is 11.7. The van der Waals surface area contributed by atoms with Crippen LogP contribution in [0.3, 0.4) is 0 Å². The van der Waals surface area contributed by atoms with Crippen molar-refractivity contribution in [2.75, 3.05) is 13.2 Å². The van der Waals surface area contributed by atoms with E-state index in [4.69, 9.17) is 14.2 Å². The van der Waals surface area contributed by atoms with Crippen LogP contribution in [0.1, 0.15) is 72.6 Å². The molecule has 2 heterocycles. The van der Waals surface area contributed by atoms with Crippen molar-refractivity contribution in [2.45, 2.75) is 108 Å². The number of ether oxygens (including phenoxy) is 3. The predicted molar refractivity (Wildman–Crippen MR) is 117 cm³/mol. The fourth-order valence-electron chi connectivity index (χ4n) is 7.70. The Bertz CT molecular complexity index is 685. The van der Waals surface area contributed by atoms with E-state index in [1.807, 2.05) is 6.08 Å². The van der Waals surface area contributed by atoms with Crippen molar-refractivity contribution in [1.82, 2.24) is 0 Å². The van der Waals surface area contributed by atoms with Gasteiger partial charge < -0.3 is 29.5 Å². The Morgan fingerprint density at radius 2 is 1.68 bits per heavy atom. The lowest BCUT2D eigenvalue weighted by Crippen LogP contribution is -2.63. The minimum atomic E-state index is -1.24. The van der Waals surface area contributed by atoms with Crippen LogP contribution in [0, 0.1) is 22.7 Å². The van der Waals surface area contributed by atoms with E-state index in [1.54, 1.807) is 0 Å². The Kier molecular flexibility index (Phi) is 6.15. The Morgan fingerprint density at radius 3 is 2.39 bits per heavy atom. The van der Waals surface area contributed by atoms with Gasteiger partial charge >= 0.3 is 0 Å². The monoisotopic (exact) mass is 438 g/mol. The summed E-state index contributed by atoms with van der Waals surface area (Å²) in [4.78, 5) is 0. The first-order valence-corrected chi connectivity index (χ1v) is 12.1. The van der Waals surface area contributed by atoms with E-state index in [-0.39, 0.29) is 28.6 Å². The Labute approximate surface area is 187 Å². The van der Waals surface area contributed by atoms with Crippen LogP contribution in [0.25, 0.3) is 0 Å². The SMILES string of the molecule is C=C[C@@]1(C)CC[C@@H]2[C@@]3(C)CCC[C@@](C)(CO[C@@H]4OC[C@H](O)[C@H](O)[C@H]4O)[C@@H]3CC[C@@]2(C)O1. The van der Waals surface area contributed by atoms with Crippen LogP contribution in [0.4, 0.5) is 0 Å². The highest BCUT2D eigenvalue weighted by molar-refractivity contribution is 5.13. The van der Waals surface area contributed by atoms with Gasteiger partial charge in [-0.05, 0) is 75.0 Å². The Morgan fingerprint density at radius 1 is 0.968 bits per heavy atom. The number of hydrogen-bond acceptors (Lipinski definition) is 6. The van der Waals surface area contributed by atoms with Gasteiger partial charge in [0.25, 0.3) is 0 Å². The fourth-order valence-corrected chi connectivity index (χ4v) is 7.70. The van der Waals surface area contributed by atoms with E-state index in [0.717, 1.165) is 38.5 Å². The number of aliphatic hydroxyl groups excluding tert-OH is 3. The third-order valence-corrected chi connectivity index (χ3v) is 9.42. The summed E-state index contributed by atoms with van der Waals surface area (Å²) in [6.45, 7) is 13.7. The minimum Gasteiger partial charge on any atom is -0.388 e. The molecule has 2 saturated heterocycles. The summed E-state index contributed by atoms with van der Waals surface area (Å²) < 4.78 is 18.3. The molecule has 6 nitrogen and oxygen atoms in total. The van der Waals surface area contributed by atoms with Crippen LogP contribution in [-0.2, 0) is 14.2 Å². The molecule has 0 aromatic rings. The summed E-state index contributed by atoms with van der Waals surface area (Å²) in [5, 5.41) is 30.0. The normalized spacial score (nSPS) is 55.2. The van der Waals surface area contributed by atoms with Gasteiger partial charge in [0, 0.05) is 0 Å². The van der Waals surface area contributed by atoms with Crippen molar-refractivity contribution in [1.29, 1.82) is 0 Å². The molecule has 2 saturated carbocycles. The average Bonchev–Trinajstić information content (AvgIpc) is 2.70. The van der Waals surface area contributed by atoms with Crippen LogP contribution in [0.15, 0.2) is 12.7 Å². The van der Waals surface area contributed by atoms with Crippen LogP contribution >= 0.6 is 0 Å². The van der Waals surface area contributed by atoms with Crippen LogP contribution in [0.2, 0.25) is 0 Å². The molecule has 31 heavy (non-hydrogen) atoms. The smallest absolute Gasteiger partial charge is 0.186 e. The van der Waals surface area contributed by atoms with Crippen molar-refractivity contribution in [3.05, 3.63) is 12.7 Å². The Balaban J connectivity index is 1.50. The lowest BCUT2D eigenvalue weighted by atomic mass is 9.44. The number of hydrogen-bond donors (Lipinski definition) is 3. The lowest BCUT2D eigenvalue weighted by molar-refractivity contribution is -0.289. The maximum Gasteiger partial charge on any atom is 0.186 e. The molecular weight excluding hydrogens is 396 g/mol. The molecule has 178 valence electrons. The zero-order valence-corrected chi connectivity index (χ0v) is 19.7. The molecule has 0 unspecified atom stereocenters. The lowest BCUT2D eigenvalue weighted by Gasteiger charge is -2.65. The van der Waals surface area contributed by atoms with Crippen molar-refractivity contribution >= 4 is 0 Å². The highest BCUT2D eigenvalue weighted by Gasteiger charge is 2.62. The molecule has 2 aliphatic carbocycles. The van der Waals surface area contributed by atoms with Crippen LogP contribution in [-0.4, -0.2) is 64.3 Å². The predicted octanol–water partition coefficient (Wildman–Crippen LogP) is 3.18. The van der Waals surface area contributed by atoms with E-state index >= 15 is 0 Å². The molecule has 0 aromatic heterocycles. The van der Waals surface area contributed by atoms with Gasteiger partial charge in [-0.15, -0.1) is 6.58 Å². The van der Waals surface area contributed by atoms with Gasteiger partial charge in [-0.2, -0.15) is 0 Å². The van der Waals surface area contributed by atoms with Gasteiger partial charge in [-0.25, -0.2) is 0 Å². The molecular formula is C25H42O6. The summed E-state index contributed by atoms with van der Waals surface area (Å²) in [6.07, 6.45) is 5.23. The van der Waals surface area contributed by atoms with Gasteiger partial charge in [0.1, 0.15) is 18.3 Å². The first-order valence-electron chi connectivity index (χ1n) is 12.1. The molecule has 4 aliphatic rings. The minimum absolute atomic E-state index is 0.0272. The third kappa shape index (κ3) is 3.91. The second-order valence-electron chi connectivity index (χ2n) is 11.7. The standard InChI is InChI=1S/C25H42O6/c1-6-23(3)12-8-18-24(4)11-7-10-22(2,17(24)9-13-25(18,5)31-23)15-30-21-20(28)19(27)16(26)14-29-21/h6,16-21,26-28H,1,7-15H2,2-5H3/t16-,17-,18+,19-,20+,21-,22-,23-,24-,25+/m0/s1. The third-order valence-electron chi connectivity index (χ3n) is 9.42. The van der Waals surface area contributed by atoms with E-state index in [2.05, 4.69) is 34.3 Å². The topological polar surface area (TPSA) is 88.4 Å². The molecule has 0 amide bonds. The highest BCUT2D eigenvalue weighted by Crippen LogP contribution is 2.65. The van der Waals surface area contributed by atoms with E-state index in [9.17, 15) is 15.3 Å². The van der Waals surface area contributed by atoms with Gasteiger partial charge in [0.2, 0.25) is 0 Å². The largest absolute Gasteiger partial charge is 0.388 e. The molecule has 3 N–H and O–H groups in total. The summed E-state index contributed by atoms with van der Waals surface area (Å²) in [5.74, 6) is 1.000. The number of aliphatic hydroxyl groups is 3. The molecule has 0 aromatic carbocycles. The van der Waals surface area contributed by atoms with Gasteiger partial charge in [-0.3, -0.25) is 0 Å². The van der Waals surface area contributed by atoms with Gasteiger partial charge in [0.15, 0.2) is 6.29 Å². The molecule has 0 spiro atoms. The first-order chi connectivity index (χ1) is 14.5. The molecule has 4 rings (SSSR count). The quantitative estimate of drug-likeness (QED) is 0.585.